The third kappa shape index (κ3) is 4.83. The summed E-state index contributed by atoms with van der Waals surface area (Å²) in [7, 11) is -0.994. The molecule has 0 saturated carbocycles. The highest BCUT2D eigenvalue weighted by molar-refractivity contribution is 9.13. The molecule has 104 valence electrons. The Hall–Kier alpha value is 0.417. The highest BCUT2D eigenvalue weighted by atomic mass is 79.9. The van der Waals surface area contributed by atoms with Crippen molar-refractivity contribution in [3.05, 3.63) is 20.8 Å². The van der Waals surface area contributed by atoms with Crippen LogP contribution in [0.5, 0.6) is 0 Å². The second kappa shape index (κ2) is 6.73. The molecular formula is C13H23Br2NOSi. The smallest absolute Gasteiger partial charge is 0.123 e. The SMILES string of the molecule is CC(C)c1cc(Br)c(Br)n1COCC[Si](C)(C)C. The fourth-order valence-corrected chi connectivity index (χ4v) is 3.28. The van der Waals surface area contributed by atoms with Crippen LogP contribution in [0.15, 0.2) is 15.1 Å². The Bertz CT molecular complexity index is 396. The molecule has 0 amide bonds. The number of hydrogen-bond donors (Lipinski definition) is 0. The molecule has 0 aromatic carbocycles. The van der Waals surface area contributed by atoms with Gasteiger partial charge in [0.2, 0.25) is 0 Å². The number of ether oxygens (including phenoxy) is 1. The van der Waals surface area contributed by atoms with E-state index in [1.807, 2.05) is 0 Å². The molecule has 0 aliphatic heterocycles. The van der Waals surface area contributed by atoms with Gasteiger partial charge in [-0.1, -0.05) is 33.5 Å². The molecule has 0 saturated heterocycles. The van der Waals surface area contributed by atoms with Crippen LogP contribution in [0, 0.1) is 0 Å². The molecule has 1 heterocycles. The summed E-state index contributed by atoms with van der Waals surface area (Å²) in [5, 5.41) is 0. The summed E-state index contributed by atoms with van der Waals surface area (Å²) in [6.07, 6.45) is 0. The maximum absolute atomic E-state index is 5.83. The van der Waals surface area contributed by atoms with Crippen molar-refractivity contribution in [3.8, 4) is 0 Å². The van der Waals surface area contributed by atoms with Crippen LogP contribution in [0.3, 0.4) is 0 Å². The normalized spacial score (nSPS) is 12.4. The highest BCUT2D eigenvalue weighted by Gasteiger charge is 2.15. The maximum Gasteiger partial charge on any atom is 0.123 e. The summed E-state index contributed by atoms with van der Waals surface area (Å²) >= 11 is 7.17. The monoisotopic (exact) mass is 395 g/mol. The molecule has 5 heteroatoms. The second-order valence-electron chi connectivity index (χ2n) is 6.14. The number of rotatable bonds is 6. The quantitative estimate of drug-likeness (QED) is 0.460. The van der Waals surface area contributed by atoms with Gasteiger partial charge in [0.25, 0.3) is 0 Å². The Morgan fingerprint density at radius 3 is 2.39 bits per heavy atom. The van der Waals surface area contributed by atoms with E-state index in [1.54, 1.807) is 0 Å². The lowest BCUT2D eigenvalue weighted by Crippen LogP contribution is -2.22. The van der Waals surface area contributed by atoms with Gasteiger partial charge >= 0.3 is 0 Å². The van der Waals surface area contributed by atoms with Gasteiger partial charge in [-0.3, -0.25) is 0 Å². The van der Waals surface area contributed by atoms with Crippen LogP contribution in [0.4, 0.5) is 0 Å². The molecule has 0 aliphatic carbocycles. The number of hydrogen-bond acceptors (Lipinski definition) is 1. The van der Waals surface area contributed by atoms with E-state index < -0.39 is 8.07 Å². The molecule has 0 spiro atoms. The standard InChI is InChI=1S/C13H23Br2NOSi/c1-10(2)12-8-11(14)13(15)16(12)9-17-6-7-18(3,4)5/h8,10H,6-7,9H2,1-5H3. The van der Waals surface area contributed by atoms with Crippen LogP contribution < -0.4 is 0 Å². The van der Waals surface area contributed by atoms with Crippen molar-refractivity contribution >= 4 is 39.9 Å². The van der Waals surface area contributed by atoms with Crippen molar-refractivity contribution in [2.45, 2.75) is 52.2 Å². The van der Waals surface area contributed by atoms with E-state index in [-0.39, 0.29) is 0 Å². The predicted molar refractivity (Wildman–Crippen MR) is 88.0 cm³/mol. The van der Waals surface area contributed by atoms with Crippen molar-refractivity contribution in [1.29, 1.82) is 0 Å². The Morgan fingerprint density at radius 2 is 1.89 bits per heavy atom. The van der Waals surface area contributed by atoms with Crippen LogP contribution >= 0.6 is 31.9 Å². The van der Waals surface area contributed by atoms with Gasteiger partial charge in [-0.25, -0.2) is 0 Å². The summed E-state index contributed by atoms with van der Waals surface area (Å²) in [6, 6.07) is 3.38. The van der Waals surface area contributed by atoms with Gasteiger partial charge in [-0.2, -0.15) is 0 Å². The Kier molecular flexibility index (Phi) is 6.16. The van der Waals surface area contributed by atoms with E-state index in [4.69, 9.17) is 4.74 Å². The van der Waals surface area contributed by atoms with E-state index in [9.17, 15) is 0 Å². The lowest BCUT2D eigenvalue weighted by molar-refractivity contribution is 0.0836. The van der Waals surface area contributed by atoms with Gasteiger partial charge in [0.1, 0.15) is 11.3 Å². The van der Waals surface area contributed by atoms with E-state index in [1.165, 1.54) is 11.7 Å². The summed E-state index contributed by atoms with van der Waals surface area (Å²) in [6.45, 7) is 13.0. The zero-order chi connectivity index (χ0) is 13.9. The summed E-state index contributed by atoms with van der Waals surface area (Å²) in [5.41, 5.74) is 1.29. The molecule has 0 fully saturated rings. The van der Waals surface area contributed by atoms with E-state index in [2.05, 4.69) is 76.0 Å². The second-order valence-corrected chi connectivity index (χ2v) is 13.4. The van der Waals surface area contributed by atoms with Crippen LogP contribution in [-0.4, -0.2) is 19.2 Å². The molecule has 18 heavy (non-hydrogen) atoms. The van der Waals surface area contributed by atoms with Gasteiger partial charge < -0.3 is 9.30 Å². The molecule has 0 bridgehead atoms. The van der Waals surface area contributed by atoms with Crippen LogP contribution in [0.25, 0.3) is 0 Å². The van der Waals surface area contributed by atoms with Crippen molar-refractivity contribution in [3.63, 3.8) is 0 Å². The van der Waals surface area contributed by atoms with Crippen molar-refractivity contribution in [2.24, 2.45) is 0 Å². The molecule has 1 aromatic heterocycles. The number of aromatic nitrogens is 1. The minimum absolute atomic E-state index is 0.494. The molecule has 0 aliphatic rings. The minimum atomic E-state index is -0.994. The zero-order valence-electron chi connectivity index (χ0n) is 11.9. The summed E-state index contributed by atoms with van der Waals surface area (Å²) in [4.78, 5) is 0. The number of nitrogens with zero attached hydrogens (tertiary/aromatic N) is 1. The Labute approximate surface area is 128 Å². The number of halogens is 2. The van der Waals surface area contributed by atoms with Gasteiger partial charge in [0.05, 0.1) is 4.47 Å². The van der Waals surface area contributed by atoms with Crippen molar-refractivity contribution in [1.82, 2.24) is 4.57 Å². The van der Waals surface area contributed by atoms with Crippen molar-refractivity contribution < 1.29 is 4.74 Å². The average molecular weight is 397 g/mol. The van der Waals surface area contributed by atoms with Gasteiger partial charge in [-0.05, 0) is 49.9 Å². The third-order valence-electron chi connectivity index (χ3n) is 2.83. The first-order chi connectivity index (χ1) is 8.22. The molecule has 2 nitrogen and oxygen atoms in total. The van der Waals surface area contributed by atoms with Gasteiger partial charge in [0, 0.05) is 20.4 Å². The third-order valence-corrected chi connectivity index (χ3v) is 6.52. The highest BCUT2D eigenvalue weighted by Crippen LogP contribution is 2.31. The predicted octanol–water partition coefficient (Wildman–Crippen LogP) is 5.45. The molecule has 1 aromatic rings. The average Bonchev–Trinajstić information content (AvgIpc) is 2.50. The fraction of sp³-hybridized carbons (Fsp3) is 0.692. The summed E-state index contributed by atoms with van der Waals surface area (Å²) < 4.78 is 10.2. The van der Waals surface area contributed by atoms with Crippen LogP contribution in [0.2, 0.25) is 25.7 Å². The first kappa shape index (κ1) is 16.5. The van der Waals surface area contributed by atoms with Crippen molar-refractivity contribution in [2.75, 3.05) is 6.61 Å². The first-order valence-corrected chi connectivity index (χ1v) is 11.6. The molecule has 0 atom stereocenters. The Morgan fingerprint density at radius 1 is 1.28 bits per heavy atom. The molecular weight excluding hydrogens is 374 g/mol. The molecule has 0 N–H and O–H groups in total. The zero-order valence-corrected chi connectivity index (χ0v) is 16.1. The largest absolute Gasteiger partial charge is 0.361 e. The molecule has 0 radical (unpaired) electrons. The van der Waals surface area contributed by atoms with Crippen LogP contribution in [-0.2, 0) is 11.5 Å². The summed E-state index contributed by atoms with van der Waals surface area (Å²) in [5.74, 6) is 0.494. The fourth-order valence-electron chi connectivity index (χ4n) is 1.65. The lowest BCUT2D eigenvalue weighted by Gasteiger charge is -2.17. The van der Waals surface area contributed by atoms with Gasteiger partial charge in [-0.15, -0.1) is 0 Å². The molecule has 0 unspecified atom stereocenters. The molecule has 1 rings (SSSR count). The lowest BCUT2D eigenvalue weighted by atomic mass is 10.1. The minimum Gasteiger partial charge on any atom is -0.361 e. The Balaban J connectivity index is 2.61. The van der Waals surface area contributed by atoms with Gasteiger partial charge in [0.15, 0.2) is 0 Å². The van der Waals surface area contributed by atoms with E-state index in [0.717, 1.165) is 15.7 Å². The maximum atomic E-state index is 5.83. The van der Waals surface area contributed by atoms with Crippen LogP contribution in [0.1, 0.15) is 25.5 Å². The topological polar surface area (TPSA) is 14.2 Å². The van der Waals surface area contributed by atoms with E-state index in [0.29, 0.717) is 12.6 Å². The van der Waals surface area contributed by atoms with E-state index >= 15 is 0 Å². The first-order valence-electron chi connectivity index (χ1n) is 6.34.